The molecule has 3 aliphatic rings. The van der Waals surface area contributed by atoms with E-state index in [1.165, 1.54) is 25.7 Å². The number of rotatable bonds is 7. The average Bonchev–Trinajstić information content (AvgIpc) is 3.51. The highest BCUT2D eigenvalue weighted by atomic mass is 35.5. The first kappa shape index (κ1) is 29.7. The second kappa shape index (κ2) is 13.3. The number of halogens is 2. The van der Waals surface area contributed by atoms with Gasteiger partial charge >= 0.3 is 0 Å². The van der Waals surface area contributed by atoms with Crippen molar-refractivity contribution in [2.45, 2.75) is 109 Å². The van der Waals surface area contributed by atoms with Gasteiger partial charge in [0.25, 0.3) is 0 Å². The molecule has 0 aromatic carbocycles. The first-order valence-electron chi connectivity index (χ1n) is 13.8. The number of carbonyl (C=O) groups excluding carboxylic acids is 1. The van der Waals surface area contributed by atoms with Gasteiger partial charge in [-0.1, -0.05) is 26.7 Å². The number of nitrogens with one attached hydrogen (secondary N) is 2. The lowest BCUT2D eigenvalue weighted by Gasteiger charge is -2.33. The van der Waals surface area contributed by atoms with Crippen LogP contribution in [0.4, 0.5) is 11.8 Å². The Morgan fingerprint density at radius 2 is 1.62 bits per heavy atom. The van der Waals surface area contributed by atoms with Crippen molar-refractivity contribution in [3.8, 4) is 0 Å². The zero-order chi connectivity index (χ0) is 24.4. The number of piperidine rings is 1. The molecule has 9 nitrogen and oxygen atoms in total. The predicted octanol–water partition coefficient (Wildman–Crippen LogP) is 4.92. The number of fused-ring (bicyclic) bond motifs is 1. The quantitative estimate of drug-likeness (QED) is 0.445. The second-order valence-corrected chi connectivity index (χ2v) is 11.3. The van der Waals surface area contributed by atoms with Gasteiger partial charge in [-0.3, -0.25) is 4.79 Å². The summed E-state index contributed by atoms with van der Waals surface area (Å²) in [6, 6.07) is 1.42. The molecule has 2 saturated carbocycles. The molecule has 0 bridgehead atoms. The molecule has 0 atom stereocenters. The van der Waals surface area contributed by atoms with E-state index < -0.39 is 0 Å². The highest BCUT2D eigenvalue weighted by Gasteiger charge is 2.27. The molecule has 5 rings (SSSR count). The van der Waals surface area contributed by atoms with E-state index in [1.807, 2.05) is 11.2 Å². The Labute approximate surface area is 233 Å². The van der Waals surface area contributed by atoms with E-state index in [2.05, 4.69) is 29.0 Å². The van der Waals surface area contributed by atoms with Crippen molar-refractivity contribution in [2.75, 3.05) is 23.7 Å². The van der Waals surface area contributed by atoms with Gasteiger partial charge < -0.3 is 25.8 Å². The van der Waals surface area contributed by atoms with Gasteiger partial charge in [-0.25, -0.2) is 4.98 Å². The van der Waals surface area contributed by atoms with Crippen LogP contribution in [0.1, 0.15) is 90.5 Å². The summed E-state index contributed by atoms with van der Waals surface area (Å²) in [5.41, 5.74) is 7.89. The van der Waals surface area contributed by atoms with E-state index in [1.54, 1.807) is 0 Å². The van der Waals surface area contributed by atoms with Crippen molar-refractivity contribution in [3.63, 3.8) is 0 Å². The smallest absolute Gasteiger partial charge is 0.227 e. The zero-order valence-corrected chi connectivity index (χ0v) is 23.8. The number of nitrogens with zero attached hydrogens (tertiary/aromatic N) is 5. The molecule has 0 radical (unpaired) electrons. The van der Waals surface area contributed by atoms with E-state index in [0.717, 1.165) is 68.6 Å². The van der Waals surface area contributed by atoms with E-state index in [-0.39, 0.29) is 36.8 Å². The van der Waals surface area contributed by atoms with Gasteiger partial charge in [-0.15, -0.1) is 24.8 Å². The largest absolute Gasteiger partial charge is 0.365 e. The van der Waals surface area contributed by atoms with Gasteiger partial charge in [0.05, 0.1) is 6.33 Å². The Hall–Kier alpha value is -1.84. The lowest BCUT2D eigenvalue weighted by molar-refractivity contribution is -0.132. The Bertz CT molecular complexity index is 1010. The highest BCUT2D eigenvalue weighted by molar-refractivity contribution is 5.86. The van der Waals surface area contributed by atoms with Crippen LogP contribution in [0.3, 0.4) is 0 Å². The van der Waals surface area contributed by atoms with Crippen molar-refractivity contribution in [1.82, 2.24) is 24.4 Å². The van der Waals surface area contributed by atoms with Gasteiger partial charge in [0.1, 0.15) is 0 Å². The number of hydrogen-bond donors (Lipinski definition) is 3. The summed E-state index contributed by atoms with van der Waals surface area (Å²) in [6.07, 6.45) is 13.5. The highest BCUT2D eigenvalue weighted by Crippen LogP contribution is 2.34. The van der Waals surface area contributed by atoms with Crippen LogP contribution in [0, 0.1) is 5.92 Å². The Balaban J connectivity index is 0.00000190. The maximum absolute atomic E-state index is 12.5. The Morgan fingerprint density at radius 3 is 2.27 bits per heavy atom. The number of nitrogens with two attached hydrogens (primary N) is 1. The average molecular weight is 556 g/mol. The molecule has 4 N–H and O–H groups in total. The van der Waals surface area contributed by atoms with Crippen LogP contribution in [-0.4, -0.2) is 61.5 Å². The summed E-state index contributed by atoms with van der Waals surface area (Å²) in [5.74, 6) is 2.17. The van der Waals surface area contributed by atoms with E-state index in [4.69, 9.17) is 20.7 Å². The molecule has 208 valence electrons. The summed E-state index contributed by atoms with van der Waals surface area (Å²) in [7, 11) is 0. The van der Waals surface area contributed by atoms with Crippen molar-refractivity contribution in [2.24, 2.45) is 11.7 Å². The summed E-state index contributed by atoms with van der Waals surface area (Å²) < 4.78 is 2.27. The van der Waals surface area contributed by atoms with Crippen LogP contribution in [0.25, 0.3) is 11.2 Å². The molecule has 2 aromatic rings. The normalized spacial score (nSPS) is 23.1. The number of imidazole rings is 1. The van der Waals surface area contributed by atoms with Gasteiger partial charge in [-0.05, 0) is 57.3 Å². The van der Waals surface area contributed by atoms with Crippen LogP contribution in [-0.2, 0) is 4.79 Å². The minimum absolute atomic E-state index is 0. The fourth-order valence-corrected chi connectivity index (χ4v) is 5.92. The summed E-state index contributed by atoms with van der Waals surface area (Å²) in [5, 5.41) is 7.29. The maximum atomic E-state index is 12.5. The molecule has 1 amide bonds. The molecule has 11 heteroatoms. The Morgan fingerprint density at radius 1 is 0.973 bits per heavy atom. The van der Waals surface area contributed by atoms with E-state index in [0.29, 0.717) is 36.4 Å². The van der Waals surface area contributed by atoms with Crippen molar-refractivity contribution in [1.29, 1.82) is 0 Å². The van der Waals surface area contributed by atoms with E-state index in [9.17, 15) is 4.79 Å². The molecular formula is C26H44Cl2N8O. The fraction of sp³-hybridized carbons (Fsp3) is 0.769. The maximum Gasteiger partial charge on any atom is 0.227 e. The first-order chi connectivity index (χ1) is 17.0. The van der Waals surface area contributed by atoms with Crippen LogP contribution in [0.15, 0.2) is 6.33 Å². The number of likely N-dealkylation sites (tertiary alicyclic amines) is 1. The van der Waals surface area contributed by atoms with Crippen LogP contribution >= 0.6 is 24.8 Å². The molecule has 2 aliphatic carbocycles. The minimum Gasteiger partial charge on any atom is -0.365 e. The number of amides is 1. The van der Waals surface area contributed by atoms with E-state index >= 15 is 0 Å². The minimum atomic E-state index is 0. The number of anilines is 2. The molecule has 37 heavy (non-hydrogen) atoms. The topological polar surface area (TPSA) is 114 Å². The third-order valence-electron chi connectivity index (χ3n) is 8.02. The number of carbonyl (C=O) groups is 1. The van der Waals surface area contributed by atoms with Crippen LogP contribution < -0.4 is 16.4 Å². The molecule has 0 spiro atoms. The first-order valence-corrected chi connectivity index (χ1v) is 13.8. The SMILES string of the molecule is CC(C)CC(=O)N1CCC(Nc2nc(NC3CCC(N)CC3)nc3c2ncn3C2CCCC2)CC1.Cl.Cl. The third kappa shape index (κ3) is 7.18. The molecule has 3 heterocycles. The monoisotopic (exact) mass is 554 g/mol. The van der Waals surface area contributed by atoms with Gasteiger partial charge in [-0.2, -0.15) is 9.97 Å². The molecular weight excluding hydrogens is 511 g/mol. The lowest BCUT2D eigenvalue weighted by atomic mass is 9.92. The molecule has 0 unspecified atom stereocenters. The molecule has 1 saturated heterocycles. The fourth-order valence-electron chi connectivity index (χ4n) is 5.92. The second-order valence-electron chi connectivity index (χ2n) is 11.3. The Kier molecular flexibility index (Phi) is 10.7. The van der Waals surface area contributed by atoms with Crippen molar-refractivity contribution in [3.05, 3.63) is 6.33 Å². The van der Waals surface area contributed by atoms with Crippen molar-refractivity contribution >= 4 is 53.7 Å². The van der Waals surface area contributed by atoms with Gasteiger partial charge in [0, 0.05) is 43.7 Å². The van der Waals surface area contributed by atoms with Gasteiger partial charge in [0.2, 0.25) is 11.9 Å². The zero-order valence-electron chi connectivity index (χ0n) is 22.2. The summed E-state index contributed by atoms with van der Waals surface area (Å²) in [6.45, 7) is 5.79. The standard InChI is InChI=1S/C26H42N8O.2ClH/c1-17(2)15-22(35)33-13-11-20(12-14-33)29-24-23-25(34(16-28-23)21-5-3-4-6-21)32-26(31-24)30-19-9-7-18(27)8-10-19;;/h16-21H,3-15,27H2,1-2H3,(H2,29,30,31,32);2*1H. The number of aromatic nitrogens is 4. The summed E-state index contributed by atoms with van der Waals surface area (Å²) in [4.78, 5) is 29.2. The molecule has 1 aliphatic heterocycles. The van der Waals surface area contributed by atoms with Crippen LogP contribution in [0.2, 0.25) is 0 Å². The molecule has 2 aromatic heterocycles. The number of hydrogen-bond acceptors (Lipinski definition) is 7. The molecule has 3 fully saturated rings. The van der Waals surface area contributed by atoms with Crippen molar-refractivity contribution < 1.29 is 4.79 Å². The van der Waals surface area contributed by atoms with Gasteiger partial charge in [0.15, 0.2) is 17.0 Å². The third-order valence-corrected chi connectivity index (χ3v) is 8.02. The summed E-state index contributed by atoms with van der Waals surface area (Å²) >= 11 is 0. The van der Waals surface area contributed by atoms with Crippen LogP contribution in [0.5, 0.6) is 0 Å². The lowest BCUT2D eigenvalue weighted by Crippen LogP contribution is -2.42. The predicted molar refractivity (Wildman–Crippen MR) is 154 cm³/mol.